The number of hydrogen-bond acceptors (Lipinski definition) is 4. The Labute approximate surface area is 121 Å². The number of benzene rings is 1. The lowest BCUT2D eigenvalue weighted by Gasteiger charge is -2.21. The average Bonchev–Trinajstić information content (AvgIpc) is 2.78. The van der Waals surface area contributed by atoms with Crippen LogP contribution in [-0.2, 0) is 0 Å². The van der Waals surface area contributed by atoms with E-state index in [1.54, 1.807) is 4.90 Å². The lowest BCUT2D eigenvalue weighted by Crippen LogP contribution is -2.34. The van der Waals surface area contributed by atoms with Crippen LogP contribution in [0.2, 0.25) is 5.02 Å². The Kier molecular flexibility index (Phi) is 4.25. The third-order valence-electron chi connectivity index (χ3n) is 3.60. The highest BCUT2D eigenvalue weighted by molar-refractivity contribution is 6.31. The van der Waals surface area contributed by atoms with E-state index in [4.69, 9.17) is 17.3 Å². The molecule has 1 heterocycles. The summed E-state index contributed by atoms with van der Waals surface area (Å²) in [6.07, 6.45) is 0.852. The minimum Gasteiger partial charge on any atom is -0.336 e. The van der Waals surface area contributed by atoms with Gasteiger partial charge in [-0.1, -0.05) is 11.6 Å². The van der Waals surface area contributed by atoms with E-state index in [0.29, 0.717) is 13.1 Å². The maximum atomic E-state index is 12.4. The smallest absolute Gasteiger partial charge is 0.271 e. The molecule has 1 aliphatic rings. The molecule has 0 bridgehead atoms. The highest BCUT2D eigenvalue weighted by Gasteiger charge is 2.32. The van der Waals surface area contributed by atoms with Crippen LogP contribution in [0.15, 0.2) is 18.2 Å². The van der Waals surface area contributed by atoms with Crippen LogP contribution in [0.25, 0.3) is 0 Å². The number of amides is 1. The van der Waals surface area contributed by atoms with Gasteiger partial charge in [-0.2, -0.15) is 0 Å². The zero-order valence-corrected chi connectivity index (χ0v) is 11.8. The summed E-state index contributed by atoms with van der Waals surface area (Å²) in [5, 5.41) is 11.0. The molecule has 7 heteroatoms. The molecule has 1 fully saturated rings. The maximum Gasteiger partial charge on any atom is 0.271 e. The van der Waals surface area contributed by atoms with Crippen LogP contribution < -0.4 is 5.73 Å². The molecule has 6 nitrogen and oxygen atoms in total. The van der Waals surface area contributed by atoms with Gasteiger partial charge in [-0.3, -0.25) is 14.9 Å². The molecule has 2 N–H and O–H groups in total. The zero-order valence-electron chi connectivity index (χ0n) is 11.1. The minimum atomic E-state index is -0.557. The van der Waals surface area contributed by atoms with Gasteiger partial charge in [-0.25, -0.2) is 0 Å². The summed E-state index contributed by atoms with van der Waals surface area (Å²) in [5.74, 6) is 0.0437. The molecule has 0 aromatic heterocycles. The van der Waals surface area contributed by atoms with Crippen molar-refractivity contribution in [2.75, 3.05) is 13.1 Å². The molecule has 0 saturated carbocycles. The molecule has 0 aliphatic carbocycles. The van der Waals surface area contributed by atoms with E-state index in [1.807, 2.05) is 6.92 Å². The van der Waals surface area contributed by atoms with Crippen molar-refractivity contribution in [2.45, 2.75) is 19.4 Å². The Morgan fingerprint density at radius 3 is 2.80 bits per heavy atom. The highest BCUT2D eigenvalue weighted by Crippen LogP contribution is 2.27. The van der Waals surface area contributed by atoms with Gasteiger partial charge in [0.15, 0.2) is 0 Å². The van der Waals surface area contributed by atoms with Crippen molar-refractivity contribution in [2.24, 2.45) is 11.7 Å². The monoisotopic (exact) mass is 297 g/mol. The Balaban J connectivity index is 2.27. The number of carbonyl (C=O) groups excluding carboxylic acids is 1. The van der Waals surface area contributed by atoms with E-state index in [2.05, 4.69) is 0 Å². The number of nitrogens with zero attached hydrogens (tertiary/aromatic N) is 2. The molecular weight excluding hydrogens is 282 g/mol. The molecule has 1 aliphatic heterocycles. The number of carbonyl (C=O) groups is 1. The first-order valence-electron chi connectivity index (χ1n) is 6.38. The second-order valence-corrected chi connectivity index (χ2v) is 5.54. The molecular formula is C13H16ClN3O3. The summed E-state index contributed by atoms with van der Waals surface area (Å²) >= 11 is 5.84. The van der Waals surface area contributed by atoms with E-state index in [1.165, 1.54) is 18.2 Å². The highest BCUT2D eigenvalue weighted by atomic mass is 35.5. The SMILES string of the molecule is CC1CC(CN)CN1C(=O)c1cc(Cl)cc([N+](=O)[O-])c1. The lowest BCUT2D eigenvalue weighted by atomic mass is 10.1. The minimum absolute atomic E-state index is 0.0779. The van der Waals surface area contributed by atoms with Gasteiger partial charge in [0.2, 0.25) is 0 Å². The van der Waals surface area contributed by atoms with Gasteiger partial charge >= 0.3 is 0 Å². The number of nitro groups is 1. The molecule has 0 spiro atoms. The van der Waals surface area contributed by atoms with Crippen molar-refractivity contribution in [3.63, 3.8) is 0 Å². The largest absolute Gasteiger partial charge is 0.336 e. The van der Waals surface area contributed by atoms with Crippen molar-refractivity contribution in [1.82, 2.24) is 4.90 Å². The van der Waals surface area contributed by atoms with Crippen LogP contribution in [0.5, 0.6) is 0 Å². The number of nitrogens with two attached hydrogens (primary N) is 1. The molecule has 108 valence electrons. The zero-order chi connectivity index (χ0) is 14.9. The summed E-state index contributed by atoms with van der Waals surface area (Å²) in [5.41, 5.74) is 5.70. The van der Waals surface area contributed by atoms with Crippen molar-refractivity contribution in [3.8, 4) is 0 Å². The standard InChI is InChI=1S/C13H16ClN3O3/c1-8-2-9(6-15)7-16(8)13(18)10-3-11(14)5-12(4-10)17(19)20/h3-5,8-9H,2,6-7,15H2,1H3. The quantitative estimate of drug-likeness (QED) is 0.683. The molecule has 1 amide bonds. The Hall–Kier alpha value is -1.66. The van der Waals surface area contributed by atoms with E-state index < -0.39 is 4.92 Å². The Morgan fingerprint density at radius 2 is 2.25 bits per heavy atom. The van der Waals surface area contributed by atoms with Gasteiger partial charge in [-0.05, 0) is 31.9 Å². The summed E-state index contributed by atoms with van der Waals surface area (Å²) in [4.78, 5) is 24.4. The fraction of sp³-hybridized carbons (Fsp3) is 0.462. The molecule has 1 aromatic carbocycles. The second-order valence-electron chi connectivity index (χ2n) is 5.10. The Bertz CT molecular complexity index is 550. The number of non-ortho nitro benzene ring substituents is 1. The molecule has 1 saturated heterocycles. The number of hydrogen-bond donors (Lipinski definition) is 1. The van der Waals surface area contributed by atoms with Crippen LogP contribution in [0, 0.1) is 16.0 Å². The van der Waals surface area contributed by atoms with Crippen LogP contribution in [0.4, 0.5) is 5.69 Å². The Morgan fingerprint density at radius 1 is 1.55 bits per heavy atom. The normalized spacial score (nSPS) is 22.1. The number of halogens is 1. The average molecular weight is 298 g/mol. The third kappa shape index (κ3) is 2.91. The number of nitro benzene ring substituents is 1. The van der Waals surface area contributed by atoms with E-state index in [0.717, 1.165) is 6.42 Å². The van der Waals surface area contributed by atoms with E-state index in [9.17, 15) is 14.9 Å². The van der Waals surface area contributed by atoms with Crippen LogP contribution in [-0.4, -0.2) is 34.9 Å². The van der Waals surface area contributed by atoms with Crippen molar-refractivity contribution in [1.29, 1.82) is 0 Å². The van der Waals surface area contributed by atoms with Crippen LogP contribution >= 0.6 is 11.6 Å². The topological polar surface area (TPSA) is 89.5 Å². The van der Waals surface area contributed by atoms with Crippen molar-refractivity contribution < 1.29 is 9.72 Å². The molecule has 2 rings (SSSR count). The third-order valence-corrected chi connectivity index (χ3v) is 3.81. The van der Waals surface area contributed by atoms with E-state index >= 15 is 0 Å². The molecule has 1 aromatic rings. The van der Waals surface area contributed by atoms with Gasteiger partial charge in [-0.15, -0.1) is 0 Å². The van der Waals surface area contributed by atoms with Gasteiger partial charge < -0.3 is 10.6 Å². The first-order valence-corrected chi connectivity index (χ1v) is 6.76. The van der Waals surface area contributed by atoms with Gasteiger partial charge in [0.05, 0.1) is 4.92 Å². The summed E-state index contributed by atoms with van der Waals surface area (Å²) in [6.45, 7) is 3.06. The number of rotatable bonds is 3. The molecule has 2 unspecified atom stereocenters. The van der Waals surface area contributed by atoms with Crippen LogP contribution in [0.1, 0.15) is 23.7 Å². The fourth-order valence-corrected chi connectivity index (χ4v) is 2.79. The summed E-state index contributed by atoms with van der Waals surface area (Å²) in [7, 11) is 0. The fourth-order valence-electron chi connectivity index (χ4n) is 2.56. The molecule has 20 heavy (non-hydrogen) atoms. The van der Waals surface area contributed by atoms with Gasteiger partial charge in [0.1, 0.15) is 0 Å². The van der Waals surface area contributed by atoms with Crippen molar-refractivity contribution >= 4 is 23.2 Å². The predicted octanol–water partition coefficient (Wildman–Crippen LogP) is 2.06. The molecule has 2 atom stereocenters. The summed E-state index contributed by atoms with van der Waals surface area (Å²) in [6, 6.07) is 4.03. The predicted molar refractivity (Wildman–Crippen MR) is 75.8 cm³/mol. The summed E-state index contributed by atoms with van der Waals surface area (Å²) < 4.78 is 0. The second kappa shape index (κ2) is 5.76. The molecule has 0 radical (unpaired) electrons. The first-order chi connectivity index (χ1) is 9.42. The van der Waals surface area contributed by atoms with E-state index in [-0.39, 0.29) is 34.1 Å². The number of likely N-dealkylation sites (tertiary alicyclic amines) is 1. The lowest BCUT2D eigenvalue weighted by molar-refractivity contribution is -0.384. The van der Waals surface area contributed by atoms with Gasteiger partial charge in [0, 0.05) is 35.3 Å². The first kappa shape index (κ1) is 14.7. The van der Waals surface area contributed by atoms with Crippen LogP contribution in [0.3, 0.4) is 0 Å². The van der Waals surface area contributed by atoms with Gasteiger partial charge in [0.25, 0.3) is 11.6 Å². The maximum absolute atomic E-state index is 12.4. The van der Waals surface area contributed by atoms with Crippen molar-refractivity contribution in [3.05, 3.63) is 38.9 Å².